The number of rotatable bonds is 5. The monoisotopic (exact) mass is 289 g/mol. The van der Waals surface area contributed by atoms with E-state index in [2.05, 4.69) is 48.5 Å². The first-order chi connectivity index (χ1) is 7.47. The third-order valence-electron chi connectivity index (χ3n) is 3.93. The van der Waals surface area contributed by atoms with Crippen LogP contribution in [0.25, 0.3) is 0 Å². The molecule has 2 heteroatoms. The lowest BCUT2D eigenvalue weighted by molar-refractivity contribution is 0.215. The van der Waals surface area contributed by atoms with Crippen molar-refractivity contribution in [1.29, 1.82) is 0 Å². The van der Waals surface area contributed by atoms with Crippen molar-refractivity contribution in [2.75, 3.05) is 25.0 Å². The van der Waals surface area contributed by atoms with E-state index in [4.69, 9.17) is 0 Å². The Hall–Kier alpha value is 0.440. The molecule has 1 rings (SSSR count). The second-order valence-electron chi connectivity index (χ2n) is 6.42. The maximum atomic E-state index is 3.65. The molecule has 1 nitrogen and oxygen atoms in total. The van der Waals surface area contributed by atoms with E-state index in [1.165, 1.54) is 38.9 Å². The third kappa shape index (κ3) is 4.37. The van der Waals surface area contributed by atoms with Crippen LogP contribution in [-0.4, -0.2) is 29.9 Å². The van der Waals surface area contributed by atoms with Crippen molar-refractivity contribution in [1.82, 2.24) is 4.90 Å². The molecule has 1 saturated heterocycles. The molecule has 0 aromatic carbocycles. The second kappa shape index (κ2) is 6.39. The zero-order valence-electron chi connectivity index (χ0n) is 11.4. The van der Waals surface area contributed by atoms with Gasteiger partial charge in [0.1, 0.15) is 0 Å². The summed E-state index contributed by atoms with van der Waals surface area (Å²) in [7, 11) is 0. The quantitative estimate of drug-likeness (QED) is 0.687. The predicted octanol–water partition coefficient (Wildman–Crippen LogP) is 4.17. The van der Waals surface area contributed by atoms with Crippen molar-refractivity contribution in [2.24, 2.45) is 17.3 Å². The highest BCUT2D eigenvalue weighted by atomic mass is 79.9. The van der Waals surface area contributed by atoms with E-state index >= 15 is 0 Å². The largest absolute Gasteiger partial charge is 0.303 e. The Bertz CT molecular complexity index is 197. The van der Waals surface area contributed by atoms with Crippen LogP contribution in [0.15, 0.2) is 0 Å². The van der Waals surface area contributed by atoms with Crippen LogP contribution in [0.2, 0.25) is 0 Å². The molecule has 2 atom stereocenters. The van der Waals surface area contributed by atoms with E-state index in [0.717, 1.165) is 17.2 Å². The average Bonchev–Trinajstić information content (AvgIpc) is 2.65. The normalized spacial score (nSPS) is 24.9. The molecule has 1 heterocycles. The minimum absolute atomic E-state index is 0.489. The standard InChI is InChI=1S/C14H28BrN/c1-5-6-12(9-15)10-16-8-7-13(11-16)14(2,3)4/h12-13H,5-11H2,1-4H3. The van der Waals surface area contributed by atoms with E-state index in [1.54, 1.807) is 0 Å². The van der Waals surface area contributed by atoms with Gasteiger partial charge in [0, 0.05) is 18.4 Å². The van der Waals surface area contributed by atoms with Crippen LogP contribution >= 0.6 is 15.9 Å². The SMILES string of the molecule is CCCC(CBr)CN1CCC(C(C)(C)C)C1. The first-order valence-corrected chi connectivity index (χ1v) is 7.87. The molecule has 0 aromatic rings. The van der Waals surface area contributed by atoms with Gasteiger partial charge in [-0.2, -0.15) is 0 Å². The number of hydrogen-bond donors (Lipinski definition) is 0. The Labute approximate surface area is 110 Å². The Morgan fingerprint density at radius 2 is 2.06 bits per heavy atom. The molecule has 96 valence electrons. The van der Waals surface area contributed by atoms with Gasteiger partial charge in [-0.15, -0.1) is 0 Å². The van der Waals surface area contributed by atoms with Crippen molar-refractivity contribution in [2.45, 2.75) is 47.0 Å². The highest BCUT2D eigenvalue weighted by molar-refractivity contribution is 9.09. The van der Waals surface area contributed by atoms with Gasteiger partial charge in [-0.25, -0.2) is 0 Å². The van der Waals surface area contributed by atoms with Crippen LogP contribution < -0.4 is 0 Å². The molecule has 1 aliphatic heterocycles. The maximum absolute atomic E-state index is 3.65. The number of alkyl halides is 1. The smallest absolute Gasteiger partial charge is 0.00718 e. The average molecular weight is 290 g/mol. The lowest BCUT2D eigenvalue weighted by atomic mass is 9.80. The summed E-state index contributed by atoms with van der Waals surface area (Å²) in [5, 5.41) is 1.16. The molecule has 0 aromatic heterocycles. The van der Waals surface area contributed by atoms with Gasteiger partial charge in [0.15, 0.2) is 0 Å². The fourth-order valence-corrected chi connectivity index (χ4v) is 3.22. The zero-order chi connectivity index (χ0) is 12.2. The lowest BCUT2D eigenvalue weighted by Crippen LogP contribution is -2.30. The summed E-state index contributed by atoms with van der Waals surface area (Å²) >= 11 is 3.65. The Balaban J connectivity index is 2.35. The molecular weight excluding hydrogens is 262 g/mol. The van der Waals surface area contributed by atoms with Crippen molar-refractivity contribution in [3.8, 4) is 0 Å². The van der Waals surface area contributed by atoms with Gasteiger partial charge in [-0.1, -0.05) is 50.0 Å². The van der Waals surface area contributed by atoms with Crippen molar-refractivity contribution in [3.05, 3.63) is 0 Å². The van der Waals surface area contributed by atoms with Gasteiger partial charge in [-0.05, 0) is 36.6 Å². The minimum Gasteiger partial charge on any atom is -0.303 e. The number of halogens is 1. The zero-order valence-corrected chi connectivity index (χ0v) is 13.0. The van der Waals surface area contributed by atoms with Crippen LogP contribution in [0, 0.1) is 17.3 Å². The Kier molecular flexibility index (Phi) is 5.79. The van der Waals surface area contributed by atoms with Crippen molar-refractivity contribution in [3.63, 3.8) is 0 Å². The molecule has 16 heavy (non-hydrogen) atoms. The summed E-state index contributed by atoms with van der Waals surface area (Å²) < 4.78 is 0. The molecule has 0 spiro atoms. The van der Waals surface area contributed by atoms with Gasteiger partial charge in [-0.3, -0.25) is 0 Å². The molecule has 0 radical (unpaired) electrons. The first-order valence-electron chi connectivity index (χ1n) is 6.75. The fraction of sp³-hybridized carbons (Fsp3) is 1.00. The van der Waals surface area contributed by atoms with Crippen LogP contribution in [0.5, 0.6) is 0 Å². The fourth-order valence-electron chi connectivity index (χ4n) is 2.70. The molecule has 0 bridgehead atoms. The molecule has 0 saturated carbocycles. The van der Waals surface area contributed by atoms with Gasteiger partial charge < -0.3 is 4.90 Å². The summed E-state index contributed by atoms with van der Waals surface area (Å²) in [6.45, 7) is 13.4. The van der Waals surface area contributed by atoms with Crippen LogP contribution in [-0.2, 0) is 0 Å². The third-order valence-corrected chi connectivity index (χ3v) is 4.84. The van der Waals surface area contributed by atoms with E-state index in [0.29, 0.717) is 5.41 Å². The van der Waals surface area contributed by atoms with E-state index < -0.39 is 0 Å². The van der Waals surface area contributed by atoms with Crippen molar-refractivity contribution < 1.29 is 0 Å². The van der Waals surface area contributed by atoms with Crippen LogP contribution in [0.3, 0.4) is 0 Å². The molecular formula is C14H28BrN. The molecule has 0 aliphatic carbocycles. The number of likely N-dealkylation sites (tertiary alicyclic amines) is 1. The summed E-state index contributed by atoms with van der Waals surface area (Å²) in [5.74, 6) is 1.74. The van der Waals surface area contributed by atoms with Crippen molar-refractivity contribution >= 4 is 15.9 Å². The lowest BCUT2D eigenvalue weighted by Gasteiger charge is -2.28. The molecule has 1 aliphatic rings. The van der Waals surface area contributed by atoms with E-state index in [1.807, 2.05) is 0 Å². The highest BCUT2D eigenvalue weighted by Gasteiger charge is 2.32. The molecule has 2 unspecified atom stereocenters. The van der Waals surface area contributed by atoms with Gasteiger partial charge in [0.25, 0.3) is 0 Å². The van der Waals surface area contributed by atoms with Gasteiger partial charge >= 0.3 is 0 Å². The van der Waals surface area contributed by atoms with E-state index in [9.17, 15) is 0 Å². The predicted molar refractivity (Wildman–Crippen MR) is 76.2 cm³/mol. The minimum atomic E-state index is 0.489. The van der Waals surface area contributed by atoms with Gasteiger partial charge in [0.05, 0.1) is 0 Å². The molecule has 0 N–H and O–H groups in total. The van der Waals surface area contributed by atoms with Gasteiger partial charge in [0.2, 0.25) is 0 Å². The number of nitrogens with zero attached hydrogens (tertiary/aromatic N) is 1. The highest BCUT2D eigenvalue weighted by Crippen LogP contribution is 2.34. The second-order valence-corrected chi connectivity index (χ2v) is 7.07. The summed E-state index contributed by atoms with van der Waals surface area (Å²) in [5.41, 5.74) is 0.489. The Morgan fingerprint density at radius 1 is 1.38 bits per heavy atom. The molecule has 1 fully saturated rings. The van der Waals surface area contributed by atoms with Crippen LogP contribution in [0.1, 0.15) is 47.0 Å². The maximum Gasteiger partial charge on any atom is 0.00718 e. The Morgan fingerprint density at radius 3 is 2.50 bits per heavy atom. The topological polar surface area (TPSA) is 3.24 Å². The molecule has 0 amide bonds. The van der Waals surface area contributed by atoms with Crippen LogP contribution in [0.4, 0.5) is 0 Å². The summed E-state index contributed by atoms with van der Waals surface area (Å²) in [6.07, 6.45) is 4.07. The summed E-state index contributed by atoms with van der Waals surface area (Å²) in [6, 6.07) is 0. The number of hydrogen-bond acceptors (Lipinski definition) is 1. The summed E-state index contributed by atoms with van der Waals surface area (Å²) in [4.78, 5) is 2.68. The first kappa shape index (κ1) is 14.5. The van der Waals surface area contributed by atoms with E-state index in [-0.39, 0.29) is 0 Å².